The van der Waals surface area contributed by atoms with E-state index in [4.69, 9.17) is 0 Å². The summed E-state index contributed by atoms with van der Waals surface area (Å²) in [6, 6.07) is 18.2. The van der Waals surface area contributed by atoms with Crippen LogP contribution in [0.4, 0.5) is 10.1 Å². The van der Waals surface area contributed by atoms with Gasteiger partial charge in [-0.15, -0.1) is 0 Å². The minimum absolute atomic E-state index is 0.227. The zero-order chi connectivity index (χ0) is 21.0. The van der Waals surface area contributed by atoms with Gasteiger partial charge in [0.15, 0.2) is 5.78 Å². The molecule has 0 aliphatic rings. The van der Waals surface area contributed by atoms with Crippen molar-refractivity contribution in [1.82, 2.24) is 0 Å². The van der Waals surface area contributed by atoms with E-state index in [0.29, 0.717) is 16.0 Å². The van der Waals surface area contributed by atoms with Gasteiger partial charge in [-0.3, -0.25) is 14.9 Å². The van der Waals surface area contributed by atoms with Crippen molar-refractivity contribution < 1.29 is 14.1 Å². The molecule has 0 unspecified atom stereocenters. The number of carbonyl (C=O) groups is 1. The molecule has 0 radical (unpaired) electrons. The van der Waals surface area contributed by atoms with Crippen molar-refractivity contribution in [3.63, 3.8) is 0 Å². The first kappa shape index (κ1) is 21.0. The number of nitro benzene ring substituents is 1. The third-order valence-corrected chi connectivity index (χ3v) is 5.60. The second kappa shape index (κ2) is 9.15. The van der Waals surface area contributed by atoms with Crippen molar-refractivity contribution in [1.29, 1.82) is 0 Å². The first-order valence-electron chi connectivity index (χ1n) is 8.54. The van der Waals surface area contributed by atoms with Crippen LogP contribution in [-0.2, 0) is 0 Å². The van der Waals surface area contributed by atoms with Gasteiger partial charge in [-0.1, -0.05) is 51.5 Å². The lowest BCUT2D eigenvalue weighted by Crippen LogP contribution is -2.01. The Labute approximate surface area is 179 Å². The topological polar surface area (TPSA) is 60.2 Å². The molecule has 29 heavy (non-hydrogen) atoms. The SMILES string of the molecule is Cc1ccc(S/C(=C/c2ccc(F)c([N+](=O)[O-])c2)C(=O)c2ccc(Br)cc2)cc1. The van der Waals surface area contributed by atoms with Crippen LogP contribution in [0.1, 0.15) is 21.5 Å². The Hall–Kier alpha value is -2.77. The third kappa shape index (κ3) is 5.40. The van der Waals surface area contributed by atoms with Crippen molar-refractivity contribution >= 4 is 45.2 Å². The standard InChI is InChI=1S/C22H15BrFNO3S/c1-14-2-9-18(10-3-14)29-21(22(26)16-5-7-17(23)8-6-16)13-15-4-11-19(24)20(12-15)25(27)28/h2-13H,1H3/b21-13+. The predicted molar refractivity (Wildman–Crippen MR) is 117 cm³/mol. The van der Waals surface area contributed by atoms with Crippen LogP contribution in [0.2, 0.25) is 0 Å². The quantitative estimate of drug-likeness (QED) is 0.130. The number of carbonyl (C=O) groups excluding carboxylic acids is 1. The number of allylic oxidation sites excluding steroid dienone is 1. The number of halogens is 2. The molecule has 3 aromatic rings. The minimum Gasteiger partial charge on any atom is -0.288 e. The van der Waals surface area contributed by atoms with E-state index in [1.54, 1.807) is 30.3 Å². The number of thioether (sulfide) groups is 1. The fraction of sp³-hybridized carbons (Fsp3) is 0.0455. The van der Waals surface area contributed by atoms with Crippen molar-refractivity contribution in [2.24, 2.45) is 0 Å². The van der Waals surface area contributed by atoms with Gasteiger partial charge in [0.05, 0.1) is 9.83 Å². The van der Waals surface area contributed by atoms with Crippen LogP contribution in [0.5, 0.6) is 0 Å². The number of Topliss-reactive ketones (excluding diaryl/α,β-unsaturated/α-hetero) is 1. The van der Waals surface area contributed by atoms with Crippen LogP contribution in [0.15, 0.2) is 81.0 Å². The fourth-order valence-corrected chi connectivity index (χ4v) is 3.72. The second-order valence-electron chi connectivity index (χ2n) is 6.23. The molecule has 7 heteroatoms. The Kier molecular flexibility index (Phi) is 6.61. The zero-order valence-electron chi connectivity index (χ0n) is 15.3. The van der Waals surface area contributed by atoms with Gasteiger partial charge >= 0.3 is 5.69 Å². The van der Waals surface area contributed by atoms with Gasteiger partial charge in [0.2, 0.25) is 5.82 Å². The highest BCUT2D eigenvalue weighted by Gasteiger charge is 2.17. The van der Waals surface area contributed by atoms with E-state index in [1.807, 2.05) is 31.2 Å². The van der Waals surface area contributed by atoms with Gasteiger partial charge in [0.25, 0.3) is 0 Å². The van der Waals surface area contributed by atoms with Crippen molar-refractivity contribution in [3.05, 3.63) is 109 Å². The maximum absolute atomic E-state index is 13.7. The number of hydrogen-bond donors (Lipinski definition) is 0. The number of nitrogens with zero attached hydrogens (tertiary/aromatic N) is 1. The molecule has 146 valence electrons. The first-order valence-corrected chi connectivity index (χ1v) is 10.1. The van der Waals surface area contributed by atoms with Crippen molar-refractivity contribution in [2.45, 2.75) is 11.8 Å². The molecular weight excluding hydrogens is 457 g/mol. The molecular formula is C22H15BrFNO3S. The Balaban J connectivity index is 2.04. The molecule has 0 bridgehead atoms. The van der Waals surface area contributed by atoms with Crippen LogP contribution < -0.4 is 0 Å². The summed E-state index contributed by atoms with van der Waals surface area (Å²) in [6.45, 7) is 1.97. The summed E-state index contributed by atoms with van der Waals surface area (Å²) in [5, 5.41) is 11.0. The largest absolute Gasteiger partial charge is 0.305 e. The Morgan fingerprint density at radius 1 is 1.07 bits per heavy atom. The van der Waals surface area contributed by atoms with Crippen LogP contribution in [-0.4, -0.2) is 10.7 Å². The van der Waals surface area contributed by atoms with E-state index in [9.17, 15) is 19.3 Å². The minimum atomic E-state index is -0.917. The van der Waals surface area contributed by atoms with Gasteiger partial charge < -0.3 is 0 Å². The highest BCUT2D eigenvalue weighted by molar-refractivity contribution is 9.10. The Morgan fingerprint density at radius 3 is 2.34 bits per heavy atom. The van der Waals surface area contributed by atoms with Gasteiger partial charge in [0.1, 0.15) is 0 Å². The molecule has 0 heterocycles. The molecule has 0 aliphatic heterocycles. The molecule has 0 spiro atoms. The maximum atomic E-state index is 13.7. The van der Waals surface area contributed by atoms with Crippen LogP contribution >= 0.6 is 27.7 Å². The summed E-state index contributed by atoms with van der Waals surface area (Å²) < 4.78 is 14.5. The average Bonchev–Trinajstić information content (AvgIpc) is 2.70. The van der Waals surface area contributed by atoms with E-state index in [1.165, 1.54) is 17.8 Å². The lowest BCUT2D eigenvalue weighted by molar-refractivity contribution is -0.387. The normalized spacial score (nSPS) is 11.3. The lowest BCUT2D eigenvalue weighted by atomic mass is 10.1. The molecule has 0 atom stereocenters. The molecule has 3 aromatic carbocycles. The summed E-state index contributed by atoms with van der Waals surface area (Å²) in [5.74, 6) is -1.14. The lowest BCUT2D eigenvalue weighted by Gasteiger charge is -2.08. The molecule has 0 N–H and O–H groups in total. The third-order valence-electron chi connectivity index (χ3n) is 4.04. The molecule has 0 saturated carbocycles. The molecule has 4 nitrogen and oxygen atoms in total. The van der Waals surface area contributed by atoms with Crippen LogP contribution in [0.25, 0.3) is 6.08 Å². The fourth-order valence-electron chi connectivity index (χ4n) is 2.53. The molecule has 3 rings (SSSR count). The number of aryl methyl sites for hydroxylation is 1. The van der Waals surface area contributed by atoms with E-state index < -0.39 is 16.4 Å². The average molecular weight is 472 g/mol. The highest BCUT2D eigenvalue weighted by atomic mass is 79.9. The van der Waals surface area contributed by atoms with E-state index in [2.05, 4.69) is 15.9 Å². The molecule has 0 amide bonds. The van der Waals surface area contributed by atoms with Crippen LogP contribution in [0.3, 0.4) is 0 Å². The van der Waals surface area contributed by atoms with Crippen LogP contribution in [0, 0.1) is 22.9 Å². The summed E-state index contributed by atoms with van der Waals surface area (Å²) >= 11 is 4.60. The molecule has 0 aliphatic carbocycles. The van der Waals surface area contributed by atoms with E-state index >= 15 is 0 Å². The van der Waals surface area contributed by atoms with E-state index in [0.717, 1.165) is 27.1 Å². The van der Waals surface area contributed by atoms with Gasteiger partial charge in [-0.2, -0.15) is 4.39 Å². The maximum Gasteiger partial charge on any atom is 0.305 e. The molecule has 0 fully saturated rings. The van der Waals surface area contributed by atoms with Gasteiger partial charge in [0, 0.05) is 21.0 Å². The molecule has 0 aromatic heterocycles. The van der Waals surface area contributed by atoms with Crippen molar-refractivity contribution in [2.75, 3.05) is 0 Å². The Morgan fingerprint density at radius 2 is 1.72 bits per heavy atom. The second-order valence-corrected chi connectivity index (χ2v) is 8.26. The van der Waals surface area contributed by atoms with Gasteiger partial charge in [-0.05, 0) is 61.0 Å². The number of nitro groups is 1. The summed E-state index contributed by atoms with van der Waals surface area (Å²) in [5.41, 5.74) is 1.32. The number of ketones is 1. The Bertz CT molecular complexity index is 1100. The van der Waals surface area contributed by atoms with Crippen molar-refractivity contribution in [3.8, 4) is 0 Å². The summed E-state index contributed by atoms with van der Waals surface area (Å²) in [6.07, 6.45) is 1.54. The first-order chi connectivity index (χ1) is 13.8. The van der Waals surface area contributed by atoms with Gasteiger partial charge in [-0.25, -0.2) is 0 Å². The molecule has 0 saturated heterocycles. The highest BCUT2D eigenvalue weighted by Crippen LogP contribution is 2.32. The monoisotopic (exact) mass is 471 g/mol. The number of benzene rings is 3. The number of rotatable bonds is 6. The smallest absolute Gasteiger partial charge is 0.288 e. The number of hydrogen-bond acceptors (Lipinski definition) is 4. The summed E-state index contributed by atoms with van der Waals surface area (Å²) in [7, 11) is 0. The zero-order valence-corrected chi connectivity index (χ0v) is 17.7. The predicted octanol–water partition coefficient (Wildman–Crippen LogP) is 6.82. The van der Waals surface area contributed by atoms with E-state index in [-0.39, 0.29) is 5.78 Å². The summed E-state index contributed by atoms with van der Waals surface area (Å²) in [4.78, 5) is 24.6.